The summed E-state index contributed by atoms with van der Waals surface area (Å²) in [5.74, 6) is 0. The molecular weight excluding hydrogens is 236 g/mol. The molecule has 3 nitrogen and oxygen atoms in total. The van der Waals surface area contributed by atoms with Crippen LogP contribution in [0.15, 0.2) is 0 Å². The van der Waals surface area contributed by atoms with Gasteiger partial charge in [-0.15, -0.1) is 0 Å². The highest BCUT2D eigenvalue weighted by atomic mass is 16.5. The highest BCUT2D eigenvalue weighted by molar-refractivity contribution is 5.08. The first kappa shape index (κ1) is 13.8. The molecule has 1 spiro atoms. The molecule has 1 saturated carbocycles. The summed E-state index contributed by atoms with van der Waals surface area (Å²) in [7, 11) is 0. The first-order valence-electron chi connectivity index (χ1n) is 8.33. The Labute approximate surface area is 118 Å². The Morgan fingerprint density at radius 3 is 2.53 bits per heavy atom. The number of piperazine rings is 1. The highest BCUT2D eigenvalue weighted by Gasteiger charge is 2.50. The second-order valence-electron chi connectivity index (χ2n) is 6.92. The van der Waals surface area contributed by atoms with Crippen molar-refractivity contribution in [1.29, 1.82) is 0 Å². The average molecular weight is 266 g/mol. The predicted octanol–water partition coefficient (Wildman–Crippen LogP) is 2.55. The fourth-order valence-electron chi connectivity index (χ4n) is 4.51. The van der Waals surface area contributed by atoms with E-state index in [1.54, 1.807) is 0 Å². The van der Waals surface area contributed by atoms with Crippen LogP contribution in [0.3, 0.4) is 0 Å². The van der Waals surface area contributed by atoms with Gasteiger partial charge in [-0.2, -0.15) is 0 Å². The van der Waals surface area contributed by atoms with Crippen LogP contribution in [0.5, 0.6) is 0 Å². The number of nitrogens with one attached hydrogen (secondary N) is 1. The van der Waals surface area contributed by atoms with E-state index in [2.05, 4.69) is 24.1 Å². The molecule has 1 unspecified atom stereocenters. The van der Waals surface area contributed by atoms with Crippen LogP contribution in [0.4, 0.5) is 0 Å². The van der Waals surface area contributed by atoms with Gasteiger partial charge in [0.2, 0.25) is 0 Å². The molecular formula is C16H30N2O. The summed E-state index contributed by atoms with van der Waals surface area (Å²) in [5, 5.41) is 3.94. The van der Waals surface area contributed by atoms with Crippen molar-refractivity contribution in [2.75, 3.05) is 26.3 Å². The van der Waals surface area contributed by atoms with E-state index in [0.29, 0.717) is 17.1 Å². The maximum atomic E-state index is 5.69. The third-order valence-electron chi connectivity index (χ3n) is 6.11. The van der Waals surface area contributed by atoms with Crippen LogP contribution in [0.25, 0.3) is 0 Å². The van der Waals surface area contributed by atoms with Gasteiger partial charge in [-0.3, -0.25) is 4.90 Å². The van der Waals surface area contributed by atoms with Crippen LogP contribution in [-0.2, 0) is 4.74 Å². The van der Waals surface area contributed by atoms with E-state index in [1.807, 2.05) is 0 Å². The van der Waals surface area contributed by atoms with Gasteiger partial charge in [0.05, 0.1) is 6.61 Å². The van der Waals surface area contributed by atoms with Crippen LogP contribution in [-0.4, -0.2) is 48.3 Å². The number of hydrogen-bond donors (Lipinski definition) is 1. The van der Waals surface area contributed by atoms with Crippen molar-refractivity contribution in [2.45, 2.75) is 75.9 Å². The molecule has 1 aliphatic carbocycles. The minimum absolute atomic E-state index is 0.344. The molecule has 3 aliphatic rings. The smallest absolute Gasteiger partial charge is 0.0622 e. The monoisotopic (exact) mass is 266 g/mol. The van der Waals surface area contributed by atoms with Crippen LogP contribution < -0.4 is 5.32 Å². The molecule has 0 aromatic heterocycles. The Balaban J connectivity index is 1.82. The van der Waals surface area contributed by atoms with Gasteiger partial charge in [-0.05, 0) is 32.1 Å². The highest BCUT2D eigenvalue weighted by Crippen LogP contribution is 2.42. The van der Waals surface area contributed by atoms with Crippen LogP contribution in [0.1, 0.15) is 58.8 Å². The predicted molar refractivity (Wildman–Crippen MR) is 78.4 cm³/mol. The lowest BCUT2D eigenvalue weighted by molar-refractivity contribution is -0.0292. The molecule has 3 heteroatoms. The zero-order valence-corrected chi connectivity index (χ0v) is 12.7. The topological polar surface area (TPSA) is 24.5 Å². The van der Waals surface area contributed by atoms with Gasteiger partial charge in [-0.1, -0.05) is 26.7 Å². The second-order valence-corrected chi connectivity index (χ2v) is 6.92. The van der Waals surface area contributed by atoms with Gasteiger partial charge < -0.3 is 10.1 Å². The zero-order valence-electron chi connectivity index (χ0n) is 12.7. The van der Waals surface area contributed by atoms with E-state index in [0.717, 1.165) is 13.2 Å². The van der Waals surface area contributed by atoms with E-state index >= 15 is 0 Å². The summed E-state index contributed by atoms with van der Waals surface area (Å²) in [6.45, 7) is 9.04. The minimum Gasteiger partial charge on any atom is -0.380 e. The minimum atomic E-state index is 0.344. The van der Waals surface area contributed by atoms with E-state index in [-0.39, 0.29) is 0 Å². The lowest BCUT2D eigenvalue weighted by atomic mass is 9.81. The zero-order chi connectivity index (χ0) is 13.3. The van der Waals surface area contributed by atoms with Crippen LogP contribution >= 0.6 is 0 Å². The van der Waals surface area contributed by atoms with Crippen molar-refractivity contribution in [1.82, 2.24) is 10.2 Å². The molecule has 2 aliphatic heterocycles. The number of hydrogen-bond acceptors (Lipinski definition) is 3. The third kappa shape index (κ3) is 2.34. The van der Waals surface area contributed by atoms with Crippen molar-refractivity contribution < 1.29 is 4.74 Å². The van der Waals surface area contributed by atoms with E-state index in [1.165, 1.54) is 58.0 Å². The van der Waals surface area contributed by atoms with Gasteiger partial charge in [0.1, 0.15) is 0 Å². The largest absolute Gasteiger partial charge is 0.380 e. The molecule has 0 aromatic carbocycles. The lowest BCUT2D eigenvalue weighted by Gasteiger charge is -2.55. The molecule has 0 radical (unpaired) electrons. The van der Waals surface area contributed by atoms with Crippen molar-refractivity contribution in [2.24, 2.45) is 0 Å². The maximum absolute atomic E-state index is 5.69. The molecule has 1 N–H and O–H groups in total. The van der Waals surface area contributed by atoms with E-state index < -0.39 is 0 Å². The van der Waals surface area contributed by atoms with Crippen molar-refractivity contribution in [3.05, 3.63) is 0 Å². The molecule has 0 aromatic rings. The van der Waals surface area contributed by atoms with Crippen LogP contribution in [0, 0.1) is 0 Å². The van der Waals surface area contributed by atoms with E-state index in [4.69, 9.17) is 4.74 Å². The molecule has 3 rings (SSSR count). The number of nitrogens with zero attached hydrogens (tertiary/aromatic N) is 1. The quantitative estimate of drug-likeness (QED) is 0.849. The first-order valence-corrected chi connectivity index (χ1v) is 8.33. The standard InChI is InChI=1S/C16H30N2O/c1-3-15(4-2)13-18(14-7-10-19-11-14)16(12-17-15)8-5-6-9-16/h14,17H,3-13H2,1-2H3. The Kier molecular flexibility index (Phi) is 3.89. The Morgan fingerprint density at radius 2 is 1.95 bits per heavy atom. The van der Waals surface area contributed by atoms with Gasteiger partial charge in [-0.25, -0.2) is 0 Å². The molecule has 2 heterocycles. The summed E-state index contributed by atoms with van der Waals surface area (Å²) in [4.78, 5) is 2.87. The summed E-state index contributed by atoms with van der Waals surface area (Å²) < 4.78 is 5.69. The molecule has 1 atom stereocenters. The van der Waals surface area contributed by atoms with Crippen molar-refractivity contribution in [3.8, 4) is 0 Å². The SMILES string of the molecule is CCC1(CC)CN(C2CCOC2)C2(CCCC2)CN1. The maximum Gasteiger partial charge on any atom is 0.0622 e. The summed E-state index contributed by atoms with van der Waals surface area (Å²) in [5.41, 5.74) is 0.794. The molecule has 0 amide bonds. The van der Waals surface area contributed by atoms with Crippen molar-refractivity contribution in [3.63, 3.8) is 0 Å². The average Bonchev–Trinajstić information content (AvgIpc) is 3.12. The normalized spacial score (nSPS) is 34.1. The Bertz CT molecular complexity index is 302. The van der Waals surface area contributed by atoms with Gasteiger partial charge in [0, 0.05) is 36.8 Å². The number of rotatable bonds is 3. The molecule has 19 heavy (non-hydrogen) atoms. The van der Waals surface area contributed by atoms with E-state index in [9.17, 15) is 0 Å². The Hall–Kier alpha value is -0.120. The lowest BCUT2D eigenvalue weighted by Crippen LogP contribution is -2.71. The van der Waals surface area contributed by atoms with Crippen LogP contribution in [0.2, 0.25) is 0 Å². The molecule has 110 valence electrons. The summed E-state index contributed by atoms with van der Waals surface area (Å²) >= 11 is 0. The molecule has 3 fully saturated rings. The fourth-order valence-corrected chi connectivity index (χ4v) is 4.51. The summed E-state index contributed by atoms with van der Waals surface area (Å²) in [6, 6.07) is 0.678. The second kappa shape index (κ2) is 5.34. The first-order chi connectivity index (χ1) is 9.24. The number of ether oxygens (including phenoxy) is 1. The van der Waals surface area contributed by atoms with Crippen molar-refractivity contribution >= 4 is 0 Å². The molecule has 2 saturated heterocycles. The summed E-state index contributed by atoms with van der Waals surface area (Å²) in [6.07, 6.45) is 9.33. The van der Waals surface area contributed by atoms with Gasteiger partial charge in [0.15, 0.2) is 0 Å². The van der Waals surface area contributed by atoms with Gasteiger partial charge in [0.25, 0.3) is 0 Å². The fraction of sp³-hybridized carbons (Fsp3) is 1.00. The third-order valence-corrected chi connectivity index (χ3v) is 6.11. The Morgan fingerprint density at radius 1 is 1.21 bits per heavy atom. The molecule has 0 bridgehead atoms. The van der Waals surface area contributed by atoms with Gasteiger partial charge >= 0.3 is 0 Å².